The molecule has 0 N–H and O–H groups in total. The maximum atomic E-state index is 12.1. The second kappa shape index (κ2) is 6.79. The lowest BCUT2D eigenvalue weighted by atomic mass is 10.2. The lowest BCUT2D eigenvalue weighted by Crippen LogP contribution is -2.42. The van der Waals surface area contributed by atoms with Crippen LogP contribution in [0.25, 0.3) is 0 Å². The molecular weight excluding hydrogens is 240 g/mol. The van der Waals surface area contributed by atoms with Crippen LogP contribution in [0.2, 0.25) is 0 Å². The van der Waals surface area contributed by atoms with Crippen molar-refractivity contribution in [2.24, 2.45) is 0 Å². The Morgan fingerprint density at radius 3 is 2.42 bits per heavy atom. The molecule has 1 aromatic rings. The monoisotopic (exact) mass is 260 g/mol. The van der Waals surface area contributed by atoms with E-state index in [1.54, 1.807) is 43.1 Å². The third-order valence-corrected chi connectivity index (χ3v) is 3.24. The first kappa shape index (κ1) is 15.0. The van der Waals surface area contributed by atoms with Crippen LogP contribution in [0, 0.1) is 11.3 Å². The largest absolute Gasteiger partial charge is 0.481 e. The molecule has 0 fully saturated rings. The van der Waals surface area contributed by atoms with E-state index in [0.717, 1.165) is 6.42 Å². The zero-order chi connectivity index (χ0) is 14.4. The normalized spacial score (nSPS) is 13.2. The summed E-state index contributed by atoms with van der Waals surface area (Å²) in [5.74, 6) is 0.552. The molecule has 1 amide bonds. The summed E-state index contributed by atoms with van der Waals surface area (Å²) in [6, 6.07) is 8.98. The molecule has 0 aliphatic heterocycles. The molecule has 0 aliphatic rings. The summed E-state index contributed by atoms with van der Waals surface area (Å²) < 4.78 is 5.59. The minimum atomic E-state index is -0.535. The summed E-state index contributed by atoms with van der Waals surface area (Å²) in [5.41, 5.74) is 0.572. The van der Waals surface area contributed by atoms with Crippen molar-refractivity contribution in [2.75, 3.05) is 7.05 Å². The smallest absolute Gasteiger partial charge is 0.263 e. The van der Waals surface area contributed by atoms with Gasteiger partial charge in [-0.25, -0.2) is 0 Å². The van der Waals surface area contributed by atoms with E-state index in [9.17, 15) is 4.79 Å². The standard InChI is InChI=1S/C15H20N2O2/c1-5-11(2)17(4)15(18)12(3)19-14-8-6-13(10-16)7-9-14/h6-9,11-12H,5H2,1-4H3. The number of likely N-dealkylation sites (N-methyl/N-ethyl adjacent to an activating group) is 1. The Bertz CT molecular complexity index is 462. The van der Waals surface area contributed by atoms with Gasteiger partial charge in [-0.05, 0) is 44.5 Å². The third-order valence-electron chi connectivity index (χ3n) is 3.24. The van der Waals surface area contributed by atoms with Crippen molar-refractivity contribution in [1.82, 2.24) is 4.90 Å². The Balaban J connectivity index is 2.65. The van der Waals surface area contributed by atoms with Gasteiger partial charge in [-0.15, -0.1) is 0 Å². The molecule has 2 atom stereocenters. The molecular formula is C15H20N2O2. The molecule has 4 nitrogen and oxygen atoms in total. The van der Waals surface area contributed by atoms with Crippen LogP contribution >= 0.6 is 0 Å². The molecule has 0 saturated heterocycles. The number of benzene rings is 1. The van der Waals surface area contributed by atoms with Crippen LogP contribution in [0.15, 0.2) is 24.3 Å². The first-order valence-corrected chi connectivity index (χ1v) is 6.43. The number of nitrogens with zero attached hydrogens (tertiary/aromatic N) is 2. The van der Waals surface area contributed by atoms with Crippen molar-refractivity contribution in [3.05, 3.63) is 29.8 Å². The van der Waals surface area contributed by atoms with E-state index < -0.39 is 6.10 Å². The lowest BCUT2D eigenvalue weighted by molar-refractivity contribution is -0.138. The van der Waals surface area contributed by atoms with Gasteiger partial charge in [-0.2, -0.15) is 5.26 Å². The van der Waals surface area contributed by atoms with Crippen LogP contribution in [0.1, 0.15) is 32.8 Å². The first-order chi connectivity index (χ1) is 8.99. The predicted octanol–water partition coefficient (Wildman–Crippen LogP) is 2.58. The highest BCUT2D eigenvalue weighted by molar-refractivity contribution is 5.80. The van der Waals surface area contributed by atoms with E-state index in [-0.39, 0.29) is 11.9 Å². The average molecular weight is 260 g/mol. The van der Waals surface area contributed by atoms with E-state index in [0.29, 0.717) is 11.3 Å². The number of nitriles is 1. The van der Waals surface area contributed by atoms with Gasteiger partial charge in [0.05, 0.1) is 11.6 Å². The molecule has 0 saturated carbocycles. The predicted molar refractivity (Wildman–Crippen MR) is 73.8 cm³/mol. The molecule has 0 spiro atoms. The Labute approximate surface area is 114 Å². The number of hydrogen-bond acceptors (Lipinski definition) is 3. The second-order valence-corrected chi connectivity index (χ2v) is 4.60. The zero-order valence-corrected chi connectivity index (χ0v) is 11.9. The minimum absolute atomic E-state index is 0.0429. The SMILES string of the molecule is CCC(C)N(C)C(=O)C(C)Oc1ccc(C#N)cc1. The van der Waals surface area contributed by atoms with Crippen LogP contribution < -0.4 is 4.74 Å². The van der Waals surface area contributed by atoms with Crippen LogP contribution in [0.5, 0.6) is 5.75 Å². The Morgan fingerprint density at radius 2 is 1.95 bits per heavy atom. The molecule has 1 rings (SSSR count). The van der Waals surface area contributed by atoms with Gasteiger partial charge in [0, 0.05) is 13.1 Å². The summed E-state index contributed by atoms with van der Waals surface area (Å²) >= 11 is 0. The van der Waals surface area contributed by atoms with Crippen LogP contribution in [-0.2, 0) is 4.79 Å². The quantitative estimate of drug-likeness (QED) is 0.817. The van der Waals surface area contributed by atoms with Gasteiger partial charge >= 0.3 is 0 Å². The highest BCUT2D eigenvalue weighted by Gasteiger charge is 2.22. The molecule has 0 aliphatic carbocycles. The summed E-state index contributed by atoms with van der Waals surface area (Å²) in [6.07, 6.45) is 0.373. The van der Waals surface area contributed by atoms with E-state index >= 15 is 0 Å². The fourth-order valence-corrected chi connectivity index (χ4v) is 1.64. The van der Waals surface area contributed by atoms with Crippen molar-refractivity contribution in [2.45, 2.75) is 39.3 Å². The van der Waals surface area contributed by atoms with Gasteiger partial charge < -0.3 is 9.64 Å². The molecule has 19 heavy (non-hydrogen) atoms. The average Bonchev–Trinajstić information content (AvgIpc) is 2.45. The zero-order valence-electron chi connectivity index (χ0n) is 11.9. The van der Waals surface area contributed by atoms with Crippen molar-refractivity contribution in [3.63, 3.8) is 0 Å². The van der Waals surface area contributed by atoms with Crippen molar-refractivity contribution in [3.8, 4) is 11.8 Å². The fraction of sp³-hybridized carbons (Fsp3) is 0.467. The molecule has 0 heterocycles. The molecule has 0 radical (unpaired) electrons. The number of carbonyl (C=O) groups excluding carboxylic acids is 1. The van der Waals surface area contributed by atoms with E-state index in [4.69, 9.17) is 10.00 Å². The molecule has 2 unspecified atom stereocenters. The van der Waals surface area contributed by atoms with Gasteiger partial charge in [0.1, 0.15) is 5.75 Å². The summed E-state index contributed by atoms with van der Waals surface area (Å²) in [4.78, 5) is 13.8. The Kier molecular flexibility index (Phi) is 5.37. The summed E-state index contributed by atoms with van der Waals surface area (Å²) in [6.45, 7) is 5.78. The van der Waals surface area contributed by atoms with E-state index in [2.05, 4.69) is 0 Å². The molecule has 0 bridgehead atoms. The highest BCUT2D eigenvalue weighted by atomic mass is 16.5. The second-order valence-electron chi connectivity index (χ2n) is 4.60. The topological polar surface area (TPSA) is 53.3 Å². The Morgan fingerprint density at radius 1 is 1.37 bits per heavy atom. The van der Waals surface area contributed by atoms with Gasteiger partial charge in [0.2, 0.25) is 0 Å². The van der Waals surface area contributed by atoms with Gasteiger partial charge in [0.25, 0.3) is 5.91 Å². The Hall–Kier alpha value is -2.02. The number of rotatable bonds is 5. The lowest BCUT2D eigenvalue weighted by Gasteiger charge is -2.27. The minimum Gasteiger partial charge on any atom is -0.481 e. The molecule has 1 aromatic carbocycles. The van der Waals surface area contributed by atoms with Gasteiger partial charge in [-0.1, -0.05) is 6.92 Å². The number of amides is 1. The molecule has 4 heteroatoms. The number of carbonyl (C=O) groups is 1. The van der Waals surface area contributed by atoms with Gasteiger partial charge in [0.15, 0.2) is 6.10 Å². The van der Waals surface area contributed by atoms with Crippen LogP contribution in [0.3, 0.4) is 0 Å². The maximum absolute atomic E-state index is 12.1. The van der Waals surface area contributed by atoms with Gasteiger partial charge in [-0.3, -0.25) is 4.79 Å². The first-order valence-electron chi connectivity index (χ1n) is 6.43. The summed E-state index contributed by atoms with van der Waals surface area (Å²) in [5, 5.41) is 8.71. The van der Waals surface area contributed by atoms with E-state index in [1.807, 2.05) is 19.9 Å². The molecule has 102 valence electrons. The third kappa shape index (κ3) is 3.99. The number of ether oxygens (including phenoxy) is 1. The number of hydrogen-bond donors (Lipinski definition) is 0. The molecule has 0 aromatic heterocycles. The van der Waals surface area contributed by atoms with Crippen LogP contribution in [0.4, 0.5) is 0 Å². The van der Waals surface area contributed by atoms with Crippen molar-refractivity contribution in [1.29, 1.82) is 5.26 Å². The highest BCUT2D eigenvalue weighted by Crippen LogP contribution is 2.15. The summed E-state index contributed by atoms with van der Waals surface area (Å²) in [7, 11) is 1.79. The van der Waals surface area contributed by atoms with Crippen molar-refractivity contribution >= 4 is 5.91 Å². The van der Waals surface area contributed by atoms with Crippen LogP contribution in [-0.4, -0.2) is 30.0 Å². The van der Waals surface area contributed by atoms with E-state index in [1.165, 1.54) is 0 Å². The fourth-order valence-electron chi connectivity index (χ4n) is 1.64. The maximum Gasteiger partial charge on any atom is 0.263 e. The van der Waals surface area contributed by atoms with Crippen molar-refractivity contribution < 1.29 is 9.53 Å².